The standard InChI is InChI=1S/C21H26N2O4/c1-25-19-4-2-3-5-20(19)27-13-10-22-21(24)18-8-6-17(7-9-18)16-23-11-14-26-15-12-23/h2-9H,10-16H2,1H3,(H,22,24). The van der Waals surface area contributed by atoms with Crippen LogP contribution in [0.3, 0.4) is 0 Å². The van der Waals surface area contributed by atoms with Crippen molar-refractivity contribution < 1.29 is 19.0 Å². The predicted octanol–water partition coefficient (Wildman–Crippen LogP) is 2.34. The maximum Gasteiger partial charge on any atom is 0.251 e. The Morgan fingerprint density at radius 2 is 1.78 bits per heavy atom. The number of morpholine rings is 1. The molecule has 1 aliphatic heterocycles. The molecule has 0 radical (unpaired) electrons. The van der Waals surface area contributed by atoms with Crippen LogP contribution in [-0.4, -0.2) is 57.4 Å². The van der Waals surface area contributed by atoms with Crippen LogP contribution < -0.4 is 14.8 Å². The van der Waals surface area contributed by atoms with Gasteiger partial charge in [0.15, 0.2) is 11.5 Å². The van der Waals surface area contributed by atoms with Crippen molar-refractivity contribution in [2.24, 2.45) is 0 Å². The fourth-order valence-electron chi connectivity index (χ4n) is 2.94. The second-order valence-corrected chi connectivity index (χ2v) is 6.34. The molecular formula is C21H26N2O4. The molecule has 2 aromatic rings. The molecule has 2 aromatic carbocycles. The third-order valence-corrected chi connectivity index (χ3v) is 4.44. The number of benzene rings is 2. The maximum atomic E-state index is 12.3. The highest BCUT2D eigenvalue weighted by Gasteiger charge is 2.11. The number of nitrogens with one attached hydrogen (secondary N) is 1. The minimum absolute atomic E-state index is 0.100. The first-order chi connectivity index (χ1) is 13.3. The van der Waals surface area contributed by atoms with Crippen molar-refractivity contribution >= 4 is 5.91 Å². The van der Waals surface area contributed by atoms with Crippen LogP contribution in [0.5, 0.6) is 11.5 Å². The molecule has 6 nitrogen and oxygen atoms in total. The van der Waals surface area contributed by atoms with Crippen molar-refractivity contribution in [3.8, 4) is 11.5 Å². The topological polar surface area (TPSA) is 60.0 Å². The third kappa shape index (κ3) is 5.70. The molecular weight excluding hydrogens is 344 g/mol. The average Bonchev–Trinajstić information content (AvgIpc) is 2.72. The van der Waals surface area contributed by atoms with Crippen LogP contribution in [0, 0.1) is 0 Å². The van der Waals surface area contributed by atoms with Crippen LogP contribution in [-0.2, 0) is 11.3 Å². The summed E-state index contributed by atoms with van der Waals surface area (Å²) in [5.41, 5.74) is 1.85. The number of amides is 1. The zero-order chi connectivity index (χ0) is 18.9. The number of carbonyl (C=O) groups is 1. The van der Waals surface area contributed by atoms with E-state index in [0.717, 1.165) is 32.8 Å². The second kappa shape index (κ2) is 9.94. The Labute approximate surface area is 160 Å². The molecule has 27 heavy (non-hydrogen) atoms. The summed E-state index contributed by atoms with van der Waals surface area (Å²) in [6.07, 6.45) is 0. The first-order valence-corrected chi connectivity index (χ1v) is 9.19. The molecule has 1 aliphatic rings. The van der Waals surface area contributed by atoms with Gasteiger partial charge in [0.2, 0.25) is 0 Å². The molecule has 6 heteroatoms. The Morgan fingerprint density at radius 1 is 1.07 bits per heavy atom. The van der Waals surface area contributed by atoms with Gasteiger partial charge in [0.1, 0.15) is 6.61 Å². The smallest absolute Gasteiger partial charge is 0.251 e. The van der Waals surface area contributed by atoms with Crippen molar-refractivity contribution in [3.63, 3.8) is 0 Å². The summed E-state index contributed by atoms with van der Waals surface area (Å²) in [4.78, 5) is 14.6. The van der Waals surface area contributed by atoms with E-state index < -0.39 is 0 Å². The normalized spacial score (nSPS) is 14.6. The number of methoxy groups -OCH3 is 1. The molecule has 0 bridgehead atoms. The lowest BCUT2D eigenvalue weighted by molar-refractivity contribution is 0.0342. The number of hydrogen-bond acceptors (Lipinski definition) is 5. The van der Waals surface area contributed by atoms with Gasteiger partial charge >= 0.3 is 0 Å². The first kappa shape index (κ1) is 19.2. The SMILES string of the molecule is COc1ccccc1OCCNC(=O)c1ccc(CN2CCOCC2)cc1. The van der Waals surface area contributed by atoms with Crippen molar-refractivity contribution in [2.75, 3.05) is 46.6 Å². The second-order valence-electron chi connectivity index (χ2n) is 6.34. The van der Waals surface area contributed by atoms with Crippen LogP contribution in [0.2, 0.25) is 0 Å². The molecule has 1 amide bonds. The molecule has 0 atom stereocenters. The number of rotatable bonds is 8. The average molecular weight is 370 g/mol. The number of hydrogen-bond donors (Lipinski definition) is 1. The van der Waals surface area contributed by atoms with Gasteiger partial charge in [-0.05, 0) is 29.8 Å². The summed E-state index contributed by atoms with van der Waals surface area (Å²) in [5.74, 6) is 1.25. The number of nitrogens with zero attached hydrogens (tertiary/aromatic N) is 1. The lowest BCUT2D eigenvalue weighted by Crippen LogP contribution is -2.35. The van der Waals surface area contributed by atoms with Crippen molar-refractivity contribution in [2.45, 2.75) is 6.54 Å². The van der Waals surface area contributed by atoms with E-state index in [1.807, 2.05) is 48.5 Å². The van der Waals surface area contributed by atoms with E-state index in [9.17, 15) is 4.79 Å². The summed E-state index contributed by atoms with van der Waals surface area (Å²) in [6, 6.07) is 15.2. The number of carbonyl (C=O) groups excluding carboxylic acids is 1. The molecule has 0 unspecified atom stereocenters. The lowest BCUT2D eigenvalue weighted by Gasteiger charge is -2.26. The van der Waals surface area contributed by atoms with E-state index in [-0.39, 0.29) is 5.91 Å². The van der Waals surface area contributed by atoms with Crippen LogP contribution in [0.4, 0.5) is 0 Å². The van der Waals surface area contributed by atoms with Crippen molar-refractivity contribution in [3.05, 3.63) is 59.7 Å². The van der Waals surface area contributed by atoms with E-state index >= 15 is 0 Å². The van der Waals surface area contributed by atoms with Gasteiger partial charge in [-0.1, -0.05) is 24.3 Å². The van der Waals surface area contributed by atoms with Crippen LogP contribution >= 0.6 is 0 Å². The van der Waals surface area contributed by atoms with Crippen molar-refractivity contribution in [1.29, 1.82) is 0 Å². The zero-order valence-corrected chi connectivity index (χ0v) is 15.6. The predicted molar refractivity (Wildman–Crippen MR) is 103 cm³/mol. The highest BCUT2D eigenvalue weighted by Crippen LogP contribution is 2.25. The van der Waals surface area contributed by atoms with Gasteiger partial charge in [-0.25, -0.2) is 0 Å². The van der Waals surface area contributed by atoms with Crippen LogP contribution in [0.25, 0.3) is 0 Å². The summed E-state index contributed by atoms with van der Waals surface area (Å²) >= 11 is 0. The van der Waals surface area contributed by atoms with Crippen molar-refractivity contribution in [1.82, 2.24) is 10.2 Å². The van der Waals surface area contributed by atoms with Gasteiger partial charge in [0.05, 0.1) is 26.9 Å². The Bertz CT molecular complexity index is 727. The zero-order valence-electron chi connectivity index (χ0n) is 15.6. The van der Waals surface area contributed by atoms with Gasteiger partial charge in [0, 0.05) is 25.2 Å². The van der Waals surface area contributed by atoms with Gasteiger partial charge in [-0.3, -0.25) is 9.69 Å². The molecule has 0 saturated carbocycles. The Hall–Kier alpha value is -2.57. The summed E-state index contributed by atoms with van der Waals surface area (Å²) in [5, 5.41) is 2.88. The molecule has 1 fully saturated rings. The molecule has 1 heterocycles. The molecule has 0 spiro atoms. The fourth-order valence-corrected chi connectivity index (χ4v) is 2.94. The Morgan fingerprint density at radius 3 is 2.48 bits per heavy atom. The molecule has 0 aliphatic carbocycles. The summed E-state index contributed by atoms with van der Waals surface area (Å²) in [6.45, 7) is 5.17. The fraction of sp³-hybridized carbons (Fsp3) is 0.381. The van der Waals surface area contributed by atoms with Gasteiger partial charge in [-0.2, -0.15) is 0 Å². The largest absolute Gasteiger partial charge is 0.493 e. The van der Waals surface area contributed by atoms with E-state index in [1.165, 1.54) is 5.56 Å². The Kier molecular flexibility index (Phi) is 7.07. The van der Waals surface area contributed by atoms with E-state index in [4.69, 9.17) is 14.2 Å². The molecule has 144 valence electrons. The van der Waals surface area contributed by atoms with Crippen LogP contribution in [0.15, 0.2) is 48.5 Å². The minimum Gasteiger partial charge on any atom is -0.493 e. The van der Waals surface area contributed by atoms with Gasteiger partial charge < -0.3 is 19.5 Å². The summed E-state index contributed by atoms with van der Waals surface area (Å²) in [7, 11) is 1.60. The third-order valence-electron chi connectivity index (χ3n) is 4.44. The maximum absolute atomic E-state index is 12.3. The Balaban J connectivity index is 1.42. The first-order valence-electron chi connectivity index (χ1n) is 9.19. The highest BCUT2D eigenvalue weighted by atomic mass is 16.5. The van der Waals surface area contributed by atoms with E-state index in [2.05, 4.69) is 10.2 Å². The van der Waals surface area contributed by atoms with Crippen LogP contribution in [0.1, 0.15) is 15.9 Å². The van der Waals surface area contributed by atoms with Gasteiger partial charge in [0.25, 0.3) is 5.91 Å². The molecule has 3 rings (SSSR count). The van der Waals surface area contributed by atoms with E-state index in [1.54, 1.807) is 7.11 Å². The van der Waals surface area contributed by atoms with Gasteiger partial charge in [-0.15, -0.1) is 0 Å². The summed E-state index contributed by atoms with van der Waals surface area (Å²) < 4.78 is 16.3. The molecule has 1 N–H and O–H groups in total. The number of para-hydroxylation sites is 2. The number of ether oxygens (including phenoxy) is 3. The molecule has 0 aromatic heterocycles. The monoisotopic (exact) mass is 370 g/mol. The quantitative estimate of drug-likeness (QED) is 0.723. The minimum atomic E-state index is -0.100. The highest BCUT2D eigenvalue weighted by molar-refractivity contribution is 5.94. The lowest BCUT2D eigenvalue weighted by atomic mass is 10.1. The molecule has 1 saturated heterocycles. The van der Waals surface area contributed by atoms with E-state index in [0.29, 0.717) is 30.2 Å².